The summed E-state index contributed by atoms with van der Waals surface area (Å²) in [5, 5.41) is 3.46. The molecule has 1 aromatic carbocycles. The van der Waals surface area contributed by atoms with Gasteiger partial charge in [-0.2, -0.15) is 4.31 Å². The number of benzene rings is 1. The Morgan fingerprint density at radius 1 is 1.04 bits per heavy atom. The fraction of sp³-hybridized carbons (Fsp3) is 0.450. The highest BCUT2D eigenvalue weighted by molar-refractivity contribution is 7.89. The normalized spacial score (nSPS) is 20.9. The Kier molecular flexibility index (Phi) is 4.92. The third kappa shape index (κ3) is 3.72. The SMILES string of the molecule is CC(C)C1CNCCN1c1ccc(-c2ccc(S(=O)(=O)N3CC3)cc2)cn1. The zero-order chi connectivity index (χ0) is 19.0. The molecule has 1 unspecified atom stereocenters. The molecule has 6 nitrogen and oxygen atoms in total. The summed E-state index contributed by atoms with van der Waals surface area (Å²) in [5.74, 6) is 1.55. The number of rotatable bonds is 5. The minimum Gasteiger partial charge on any atom is -0.351 e. The van der Waals surface area contributed by atoms with Gasteiger partial charge >= 0.3 is 0 Å². The fourth-order valence-corrected chi connectivity index (χ4v) is 4.92. The van der Waals surface area contributed by atoms with Crippen molar-refractivity contribution in [1.29, 1.82) is 0 Å². The molecule has 1 atom stereocenters. The number of piperazine rings is 1. The van der Waals surface area contributed by atoms with E-state index in [1.54, 1.807) is 12.1 Å². The lowest BCUT2D eigenvalue weighted by molar-refractivity contribution is 0.388. The first-order valence-electron chi connectivity index (χ1n) is 9.51. The monoisotopic (exact) mass is 386 g/mol. The summed E-state index contributed by atoms with van der Waals surface area (Å²) in [6.07, 6.45) is 1.88. The number of hydrogen-bond acceptors (Lipinski definition) is 5. The summed E-state index contributed by atoms with van der Waals surface area (Å²) < 4.78 is 26.0. The van der Waals surface area contributed by atoms with E-state index in [0.717, 1.165) is 36.6 Å². The van der Waals surface area contributed by atoms with Gasteiger partial charge in [0.2, 0.25) is 10.0 Å². The number of aromatic nitrogens is 1. The van der Waals surface area contributed by atoms with Crippen molar-refractivity contribution in [1.82, 2.24) is 14.6 Å². The molecular weight excluding hydrogens is 360 g/mol. The topological polar surface area (TPSA) is 65.3 Å². The van der Waals surface area contributed by atoms with Gasteiger partial charge in [0, 0.05) is 50.5 Å². The highest BCUT2D eigenvalue weighted by Crippen LogP contribution is 2.27. The Hall–Kier alpha value is -1.96. The van der Waals surface area contributed by atoms with Gasteiger partial charge in [-0.15, -0.1) is 0 Å². The maximum atomic E-state index is 12.3. The molecule has 2 aromatic rings. The van der Waals surface area contributed by atoms with Crippen LogP contribution in [0.1, 0.15) is 13.8 Å². The second kappa shape index (κ2) is 7.22. The minimum atomic E-state index is -3.30. The van der Waals surface area contributed by atoms with E-state index in [4.69, 9.17) is 4.98 Å². The molecule has 2 saturated heterocycles. The van der Waals surface area contributed by atoms with Crippen LogP contribution >= 0.6 is 0 Å². The number of sulfonamides is 1. The summed E-state index contributed by atoms with van der Waals surface area (Å²) in [6.45, 7) is 8.64. The van der Waals surface area contributed by atoms with Gasteiger partial charge in [-0.05, 0) is 35.7 Å². The van der Waals surface area contributed by atoms with Crippen molar-refractivity contribution in [2.75, 3.05) is 37.6 Å². The lowest BCUT2D eigenvalue weighted by Crippen LogP contribution is -2.54. The van der Waals surface area contributed by atoms with Crippen LogP contribution in [0.5, 0.6) is 0 Å². The van der Waals surface area contributed by atoms with E-state index in [9.17, 15) is 8.42 Å². The Morgan fingerprint density at radius 3 is 2.33 bits per heavy atom. The zero-order valence-electron chi connectivity index (χ0n) is 15.8. The first-order valence-corrected chi connectivity index (χ1v) is 10.9. The Morgan fingerprint density at radius 2 is 1.74 bits per heavy atom. The van der Waals surface area contributed by atoms with E-state index in [-0.39, 0.29) is 0 Å². The van der Waals surface area contributed by atoms with Gasteiger partial charge in [0.25, 0.3) is 0 Å². The molecule has 0 saturated carbocycles. The lowest BCUT2D eigenvalue weighted by atomic mass is 10.0. The van der Waals surface area contributed by atoms with Gasteiger partial charge in [-0.1, -0.05) is 26.0 Å². The van der Waals surface area contributed by atoms with E-state index in [1.807, 2.05) is 18.3 Å². The predicted molar refractivity (Wildman–Crippen MR) is 107 cm³/mol. The van der Waals surface area contributed by atoms with Crippen LogP contribution in [0.3, 0.4) is 0 Å². The molecule has 1 aromatic heterocycles. The largest absolute Gasteiger partial charge is 0.351 e. The summed E-state index contributed by atoms with van der Waals surface area (Å²) >= 11 is 0. The molecule has 0 bridgehead atoms. The number of nitrogens with one attached hydrogen (secondary N) is 1. The van der Waals surface area contributed by atoms with Crippen molar-refractivity contribution in [2.24, 2.45) is 5.92 Å². The molecule has 2 fully saturated rings. The van der Waals surface area contributed by atoms with E-state index in [1.165, 1.54) is 4.31 Å². The molecule has 3 heterocycles. The van der Waals surface area contributed by atoms with Crippen molar-refractivity contribution in [2.45, 2.75) is 24.8 Å². The second-order valence-electron chi connectivity index (χ2n) is 7.54. The van der Waals surface area contributed by atoms with Gasteiger partial charge in [-0.25, -0.2) is 13.4 Å². The molecule has 0 radical (unpaired) electrons. The zero-order valence-corrected chi connectivity index (χ0v) is 16.6. The molecule has 144 valence electrons. The summed E-state index contributed by atoms with van der Waals surface area (Å²) in [4.78, 5) is 7.43. The molecule has 0 aliphatic carbocycles. The molecule has 1 N–H and O–H groups in total. The molecule has 2 aliphatic heterocycles. The average molecular weight is 387 g/mol. The Labute approximate surface area is 161 Å². The van der Waals surface area contributed by atoms with Crippen LogP contribution in [-0.4, -0.2) is 56.5 Å². The minimum absolute atomic E-state index is 0.355. The van der Waals surface area contributed by atoms with Crippen LogP contribution in [0.2, 0.25) is 0 Å². The molecule has 0 amide bonds. The molecule has 7 heteroatoms. The Bertz CT molecular complexity index is 891. The van der Waals surface area contributed by atoms with Crippen molar-refractivity contribution in [3.05, 3.63) is 42.6 Å². The smallest absolute Gasteiger partial charge is 0.243 e. The average Bonchev–Trinajstić information content (AvgIpc) is 3.54. The number of anilines is 1. The predicted octanol–water partition coefficient (Wildman–Crippen LogP) is 2.19. The van der Waals surface area contributed by atoms with Crippen LogP contribution in [0, 0.1) is 5.92 Å². The van der Waals surface area contributed by atoms with Crippen LogP contribution in [-0.2, 0) is 10.0 Å². The standard InChI is InChI=1S/C20H26N4O2S/c1-15(2)19-14-21-9-10-24(19)20-8-5-17(13-22-20)16-3-6-18(7-4-16)27(25,26)23-11-12-23/h3-8,13,15,19,21H,9-12,14H2,1-2H3. The van der Waals surface area contributed by atoms with Gasteiger partial charge in [-0.3, -0.25) is 0 Å². The first kappa shape index (κ1) is 18.4. The Balaban J connectivity index is 1.53. The summed E-state index contributed by atoms with van der Waals surface area (Å²) in [5.41, 5.74) is 1.96. The maximum absolute atomic E-state index is 12.3. The second-order valence-corrected chi connectivity index (χ2v) is 9.48. The third-order valence-corrected chi connectivity index (χ3v) is 7.24. The van der Waals surface area contributed by atoms with Gasteiger partial charge in [0.1, 0.15) is 5.82 Å². The van der Waals surface area contributed by atoms with Crippen molar-refractivity contribution < 1.29 is 8.42 Å². The van der Waals surface area contributed by atoms with E-state index >= 15 is 0 Å². The number of nitrogens with zero attached hydrogens (tertiary/aromatic N) is 3. The quantitative estimate of drug-likeness (QED) is 0.798. The molecule has 27 heavy (non-hydrogen) atoms. The lowest BCUT2D eigenvalue weighted by Gasteiger charge is -2.39. The van der Waals surface area contributed by atoms with Crippen LogP contribution in [0.15, 0.2) is 47.5 Å². The summed E-state index contributed by atoms with van der Waals surface area (Å²) in [7, 11) is -3.30. The van der Waals surface area contributed by atoms with Crippen LogP contribution in [0.4, 0.5) is 5.82 Å². The van der Waals surface area contributed by atoms with Crippen molar-refractivity contribution in [3.63, 3.8) is 0 Å². The molecule has 4 rings (SSSR count). The maximum Gasteiger partial charge on any atom is 0.243 e. The highest BCUT2D eigenvalue weighted by Gasteiger charge is 2.33. The van der Waals surface area contributed by atoms with Crippen molar-refractivity contribution in [3.8, 4) is 11.1 Å². The van der Waals surface area contributed by atoms with Gasteiger partial charge in [0.15, 0.2) is 0 Å². The third-order valence-electron chi connectivity index (χ3n) is 5.33. The van der Waals surface area contributed by atoms with E-state index < -0.39 is 10.0 Å². The van der Waals surface area contributed by atoms with Crippen LogP contribution in [0.25, 0.3) is 11.1 Å². The number of hydrogen-bond donors (Lipinski definition) is 1. The molecular formula is C20H26N4O2S. The highest BCUT2D eigenvalue weighted by atomic mass is 32.2. The van der Waals surface area contributed by atoms with E-state index in [0.29, 0.717) is 29.9 Å². The van der Waals surface area contributed by atoms with Gasteiger partial charge < -0.3 is 10.2 Å². The fourth-order valence-electron chi connectivity index (χ4n) is 3.58. The first-order chi connectivity index (χ1) is 13.0. The van der Waals surface area contributed by atoms with Crippen LogP contribution < -0.4 is 10.2 Å². The van der Waals surface area contributed by atoms with E-state index in [2.05, 4.69) is 36.2 Å². The number of pyridine rings is 1. The molecule has 2 aliphatic rings. The summed E-state index contributed by atoms with van der Waals surface area (Å²) in [6, 6.07) is 11.7. The van der Waals surface area contributed by atoms with Crippen molar-refractivity contribution >= 4 is 15.8 Å². The molecule has 0 spiro atoms. The van der Waals surface area contributed by atoms with Gasteiger partial charge in [0.05, 0.1) is 4.90 Å².